The van der Waals surface area contributed by atoms with Gasteiger partial charge >= 0.3 is 5.97 Å². The summed E-state index contributed by atoms with van der Waals surface area (Å²) in [6.07, 6.45) is 12.4. The fourth-order valence-corrected chi connectivity index (χ4v) is 3.71. The maximum atomic E-state index is 12.1. The number of unbranched alkanes of at least 4 members (excludes halogenated alkanes) is 7. The number of carbonyl (C=O) groups excluding carboxylic acids is 1. The molecule has 1 unspecified atom stereocenters. The first-order chi connectivity index (χ1) is 15.1. The zero-order valence-electron chi connectivity index (χ0n) is 19.4. The van der Waals surface area contributed by atoms with Crippen molar-refractivity contribution in [2.45, 2.75) is 90.1 Å². The van der Waals surface area contributed by atoms with E-state index < -0.39 is 12.0 Å². The Morgan fingerprint density at radius 1 is 1.03 bits per heavy atom. The maximum Gasteiger partial charge on any atom is 0.326 e. The Morgan fingerprint density at radius 2 is 1.71 bits per heavy atom. The molecule has 174 valence electrons. The van der Waals surface area contributed by atoms with E-state index in [1.807, 2.05) is 24.3 Å². The van der Waals surface area contributed by atoms with E-state index in [4.69, 9.17) is 0 Å². The van der Waals surface area contributed by atoms with Gasteiger partial charge in [-0.2, -0.15) is 0 Å². The van der Waals surface area contributed by atoms with Crippen molar-refractivity contribution < 1.29 is 14.7 Å². The van der Waals surface area contributed by atoms with Crippen LogP contribution in [0.3, 0.4) is 0 Å². The lowest BCUT2D eigenvalue weighted by Crippen LogP contribution is -2.40. The van der Waals surface area contributed by atoms with Crippen LogP contribution in [0.15, 0.2) is 43.0 Å². The molecule has 0 aliphatic heterocycles. The highest BCUT2D eigenvalue weighted by Crippen LogP contribution is 2.10. The number of hydrogen-bond donors (Lipinski definition) is 2. The SMILES string of the molecule is C=CCN(CCCCC(NC(=O)CCCCCCCCC)C(=O)O)Cc1ccccc1. The molecule has 1 rings (SSSR count). The van der Waals surface area contributed by atoms with E-state index in [-0.39, 0.29) is 5.91 Å². The van der Waals surface area contributed by atoms with Crippen LogP contribution in [-0.2, 0) is 16.1 Å². The molecule has 0 bridgehead atoms. The molecule has 1 aromatic carbocycles. The second kappa shape index (κ2) is 17.5. The largest absolute Gasteiger partial charge is 0.480 e. The van der Waals surface area contributed by atoms with E-state index in [9.17, 15) is 14.7 Å². The molecule has 0 aliphatic carbocycles. The van der Waals surface area contributed by atoms with Gasteiger partial charge in [-0.15, -0.1) is 6.58 Å². The maximum absolute atomic E-state index is 12.1. The van der Waals surface area contributed by atoms with Crippen molar-refractivity contribution in [2.75, 3.05) is 13.1 Å². The first-order valence-corrected chi connectivity index (χ1v) is 12.0. The fraction of sp³-hybridized carbons (Fsp3) is 0.615. The monoisotopic (exact) mass is 430 g/mol. The molecule has 1 atom stereocenters. The van der Waals surface area contributed by atoms with Crippen molar-refractivity contribution in [2.24, 2.45) is 0 Å². The number of nitrogens with one attached hydrogen (secondary N) is 1. The Hall–Kier alpha value is -2.14. The fourth-order valence-electron chi connectivity index (χ4n) is 3.71. The second-order valence-electron chi connectivity index (χ2n) is 8.33. The third-order valence-electron chi connectivity index (χ3n) is 5.49. The van der Waals surface area contributed by atoms with E-state index >= 15 is 0 Å². The smallest absolute Gasteiger partial charge is 0.326 e. The van der Waals surface area contributed by atoms with Crippen LogP contribution in [0.25, 0.3) is 0 Å². The summed E-state index contributed by atoms with van der Waals surface area (Å²) in [5.74, 6) is -1.08. The number of aliphatic carboxylic acids is 1. The van der Waals surface area contributed by atoms with Crippen LogP contribution < -0.4 is 5.32 Å². The molecule has 0 spiro atoms. The van der Waals surface area contributed by atoms with Crippen LogP contribution in [0.1, 0.15) is 83.1 Å². The highest BCUT2D eigenvalue weighted by molar-refractivity contribution is 5.83. The minimum absolute atomic E-state index is 0.140. The summed E-state index contributed by atoms with van der Waals surface area (Å²) in [5.41, 5.74) is 1.25. The molecule has 0 fully saturated rings. The van der Waals surface area contributed by atoms with Gasteiger partial charge in [-0.05, 0) is 37.8 Å². The lowest BCUT2D eigenvalue weighted by atomic mass is 10.1. The third kappa shape index (κ3) is 13.7. The Bertz CT molecular complexity index is 618. The van der Waals surface area contributed by atoms with Crippen molar-refractivity contribution in [3.05, 3.63) is 48.6 Å². The van der Waals surface area contributed by atoms with Crippen LogP contribution in [0, 0.1) is 0 Å². The summed E-state index contributed by atoms with van der Waals surface area (Å²) in [6.45, 7) is 8.56. The Morgan fingerprint density at radius 3 is 2.35 bits per heavy atom. The van der Waals surface area contributed by atoms with E-state index in [0.29, 0.717) is 12.8 Å². The van der Waals surface area contributed by atoms with Gasteiger partial charge in [0.05, 0.1) is 0 Å². The summed E-state index contributed by atoms with van der Waals surface area (Å²) >= 11 is 0. The highest BCUT2D eigenvalue weighted by Gasteiger charge is 2.19. The first-order valence-electron chi connectivity index (χ1n) is 12.0. The number of benzene rings is 1. The summed E-state index contributed by atoms with van der Waals surface area (Å²) < 4.78 is 0. The number of amides is 1. The molecule has 0 radical (unpaired) electrons. The molecule has 5 nitrogen and oxygen atoms in total. The number of nitrogens with zero attached hydrogens (tertiary/aromatic N) is 1. The van der Waals surface area contributed by atoms with Gasteiger partial charge in [0.1, 0.15) is 6.04 Å². The van der Waals surface area contributed by atoms with E-state index in [0.717, 1.165) is 51.7 Å². The normalized spacial score (nSPS) is 11.9. The molecule has 0 saturated carbocycles. The van der Waals surface area contributed by atoms with Crippen LogP contribution in [0.5, 0.6) is 0 Å². The molecular weight excluding hydrogens is 388 g/mol. The minimum atomic E-state index is -0.944. The van der Waals surface area contributed by atoms with Gasteiger partial charge in [0.25, 0.3) is 0 Å². The van der Waals surface area contributed by atoms with Crippen molar-refractivity contribution in [1.82, 2.24) is 10.2 Å². The molecule has 5 heteroatoms. The molecule has 31 heavy (non-hydrogen) atoms. The lowest BCUT2D eigenvalue weighted by molar-refractivity contribution is -0.142. The van der Waals surface area contributed by atoms with Crippen LogP contribution in [0.4, 0.5) is 0 Å². The number of carbonyl (C=O) groups is 2. The van der Waals surface area contributed by atoms with Gasteiger partial charge < -0.3 is 10.4 Å². The Kier molecular flexibility index (Phi) is 15.2. The minimum Gasteiger partial charge on any atom is -0.480 e. The molecule has 2 N–H and O–H groups in total. The molecule has 1 amide bonds. The van der Waals surface area contributed by atoms with Crippen molar-refractivity contribution >= 4 is 11.9 Å². The lowest BCUT2D eigenvalue weighted by Gasteiger charge is -2.21. The molecule has 0 heterocycles. The summed E-state index contributed by atoms with van der Waals surface area (Å²) in [4.78, 5) is 26.0. The number of carboxylic acid groups (broad SMARTS) is 1. The van der Waals surface area contributed by atoms with Gasteiger partial charge in [0.2, 0.25) is 5.91 Å². The number of rotatable bonds is 19. The predicted octanol–water partition coefficient (Wildman–Crippen LogP) is 5.56. The van der Waals surface area contributed by atoms with Gasteiger partial charge in [0.15, 0.2) is 0 Å². The average Bonchev–Trinajstić information content (AvgIpc) is 2.75. The topological polar surface area (TPSA) is 69.6 Å². The van der Waals surface area contributed by atoms with Crippen LogP contribution in [-0.4, -0.2) is 41.0 Å². The van der Waals surface area contributed by atoms with E-state index in [1.54, 1.807) is 0 Å². The van der Waals surface area contributed by atoms with Gasteiger partial charge in [0, 0.05) is 19.5 Å². The third-order valence-corrected chi connectivity index (χ3v) is 5.49. The molecule has 1 aromatic rings. The quantitative estimate of drug-likeness (QED) is 0.223. The first kappa shape index (κ1) is 26.9. The van der Waals surface area contributed by atoms with Gasteiger partial charge in [-0.3, -0.25) is 9.69 Å². The molecule has 0 aliphatic rings. The predicted molar refractivity (Wildman–Crippen MR) is 128 cm³/mol. The van der Waals surface area contributed by atoms with Crippen molar-refractivity contribution in [1.29, 1.82) is 0 Å². The summed E-state index contributed by atoms with van der Waals surface area (Å²) in [7, 11) is 0. The van der Waals surface area contributed by atoms with Crippen LogP contribution >= 0.6 is 0 Å². The Balaban J connectivity index is 2.26. The van der Waals surface area contributed by atoms with Crippen molar-refractivity contribution in [3.63, 3.8) is 0 Å². The summed E-state index contributed by atoms with van der Waals surface area (Å²) in [5, 5.41) is 12.2. The van der Waals surface area contributed by atoms with E-state index in [2.05, 4.69) is 35.9 Å². The zero-order chi connectivity index (χ0) is 22.7. The zero-order valence-corrected chi connectivity index (χ0v) is 19.4. The van der Waals surface area contributed by atoms with Gasteiger partial charge in [-0.1, -0.05) is 81.9 Å². The van der Waals surface area contributed by atoms with Crippen molar-refractivity contribution in [3.8, 4) is 0 Å². The molecular formula is C26H42N2O3. The van der Waals surface area contributed by atoms with Gasteiger partial charge in [-0.25, -0.2) is 4.79 Å². The second-order valence-corrected chi connectivity index (χ2v) is 8.33. The molecule has 0 aromatic heterocycles. The number of carboxylic acids is 1. The van der Waals surface area contributed by atoms with Crippen LogP contribution in [0.2, 0.25) is 0 Å². The Labute approximate surface area is 188 Å². The summed E-state index contributed by atoms with van der Waals surface area (Å²) in [6, 6.07) is 9.50. The standard InChI is InChI=1S/C26H42N2O3/c1-3-5-6-7-8-9-13-19-25(29)27-24(26(30)31)18-14-15-21-28(20-4-2)22-23-16-11-10-12-17-23/h4,10-12,16-17,24H,2-3,5-9,13-15,18-22H2,1H3,(H,27,29)(H,30,31). The molecule has 0 saturated heterocycles. The van der Waals surface area contributed by atoms with E-state index in [1.165, 1.54) is 31.2 Å². The average molecular weight is 431 g/mol. The highest BCUT2D eigenvalue weighted by atomic mass is 16.4. The number of hydrogen-bond acceptors (Lipinski definition) is 3.